The van der Waals surface area contributed by atoms with Crippen molar-refractivity contribution >= 4 is 6.08 Å². The number of allylic oxidation sites excluding steroid dienone is 1. The van der Waals surface area contributed by atoms with Crippen LogP contribution in [0.3, 0.4) is 0 Å². The molecule has 1 heterocycles. The summed E-state index contributed by atoms with van der Waals surface area (Å²) in [5.74, 6) is 1.39. The molecule has 2 unspecified atom stereocenters. The van der Waals surface area contributed by atoms with Crippen molar-refractivity contribution in [3.8, 4) is 16.9 Å². The molecular weight excluding hydrogens is 366 g/mol. The summed E-state index contributed by atoms with van der Waals surface area (Å²) in [5.41, 5.74) is 8.96. The van der Waals surface area contributed by atoms with Gasteiger partial charge in [-0.1, -0.05) is 48.6 Å². The zero-order valence-electron chi connectivity index (χ0n) is 16.5. The molecule has 0 aliphatic rings. The smallest absolute Gasteiger partial charge is 0.137 e. The minimum Gasteiger partial charge on any atom is -0.492 e. The van der Waals surface area contributed by atoms with Crippen LogP contribution in [0.5, 0.6) is 5.75 Å². The molecule has 2 aromatic carbocycles. The van der Waals surface area contributed by atoms with E-state index in [1.165, 1.54) is 0 Å². The van der Waals surface area contributed by atoms with Gasteiger partial charge in [0.25, 0.3) is 0 Å². The Labute approximate surface area is 170 Å². The number of aliphatic hydroxyl groups excluding tert-OH is 2. The fourth-order valence-electron chi connectivity index (χ4n) is 2.93. The van der Waals surface area contributed by atoms with Crippen LogP contribution >= 0.6 is 0 Å². The van der Waals surface area contributed by atoms with Crippen LogP contribution in [0.2, 0.25) is 0 Å². The molecule has 0 aliphatic carbocycles. The molecule has 29 heavy (non-hydrogen) atoms. The Bertz CT molecular complexity index is 915. The van der Waals surface area contributed by atoms with Gasteiger partial charge in [-0.15, -0.1) is 0 Å². The van der Waals surface area contributed by atoms with E-state index in [9.17, 15) is 5.11 Å². The molecule has 4 N–H and O–H groups in total. The van der Waals surface area contributed by atoms with Gasteiger partial charge in [0.1, 0.15) is 24.3 Å². The highest BCUT2D eigenvalue weighted by Crippen LogP contribution is 2.23. The van der Waals surface area contributed by atoms with Gasteiger partial charge in [-0.3, -0.25) is 0 Å². The van der Waals surface area contributed by atoms with E-state index in [0.29, 0.717) is 12.4 Å². The molecule has 3 aromatic rings. The molecule has 2 atom stereocenters. The highest BCUT2D eigenvalue weighted by atomic mass is 16.5. The normalized spacial score (nSPS) is 13.5. The van der Waals surface area contributed by atoms with Crippen molar-refractivity contribution in [3.63, 3.8) is 0 Å². The molecule has 3 rings (SSSR count). The van der Waals surface area contributed by atoms with Crippen molar-refractivity contribution in [3.05, 3.63) is 78.4 Å². The van der Waals surface area contributed by atoms with Gasteiger partial charge in [0.15, 0.2) is 0 Å². The Morgan fingerprint density at radius 3 is 2.38 bits per heavy atom. The quantitative estimate of drug-likeness (QED) is 0.520. The van der Waals surface area contributed by atoms with Crippen molar-refractivity contribution in [1.82, 2.24) is 9.55 Å². The van der Waals surface area contributed by atoms with Gasteiger partial charge in [0.05, 0.1) is 12.6 Å². The Balaban J connectivity index is 1.59. The van der Waals surface area contributed by atoms with Crippen molar-refractivity contribution in [2.75, 3.05) is 13.2 Å². The van der Waals surface area contributed by atoms with E-state index in [4.69, 9.17) is 15.6 Å². The fraction of sp³-hybridized carbons (Fsp3) is 0.261. The van der Waals surface area contributed by atoms with Gasteiger partial charge in [-0.2, -0.15) is 0 Å². The predicted octanol–water partition coefficient (Wildman–Crippen LogP) is 3.02. The third-order valence-electron chi connectivity index (χ3n) is 4.53. The summed E-state index contributed by atoms with van der Waals surface area (Å²) in [7, 11) is 0. The highest BCUT2D eigenvalue weighted by molar-refractivity contribution is 5.66. The van der Waals surface area contributed by atoms with E-state index in [2.05, 4.69) is 35.3 Å². The molecule has 0 saturated carbocycles. The summed E-state index contributed by atoms with van der Waals surface area (Å²) < 4.78 is 7.47. The molecule has 0 aliphatic heterocycles. The van der Waals surface area contributed by atoms with E-state index in [-0.39, 0.29) is 19.3 Å². The van der Waals surface area contributed by atoms with Crippen LogP contribution in [0, 0.1) is 0 Å². The minimum atomic E-state index is -0.583. The molecule has 0 saturated heterocycles. The number of benzene rings is 2. The average Bonchev–Trinajstić information content (AvgIpc) is 3.22. The maximum Gasteiger partial charge on any atom is 0.137 e. The molecule has 0 radical (unpaired) electrons. The van der Waals surface area contributed by atoms with Gasteiger partial charge in [-0.25, -0.2) is 4.98 Å². The zero-order chi connectivity index (χ0) is 20.6. The number of nitrogens with zero attached hydrogens (tertiary/aromatic N) is 2. The third-order valence-corrected chi connectivity index (χ3v) is 4.53. The maximum absolute atomic E-state index is 9.70. The lowest BCUT2D eigenvalue weighted by atomic mass is 10.0. The van der Waals surface area contributed by atoms with E-state index < -0.39 is 6.10 Å². The number of hydrogen-bond acceptors (Lipinski definition) is 5. The van der Waals surface area contributed by atoms with Gasteiger partial charge >= 0.3 is 0 Å². The number of rotatable bonds is 9. The summed E-state index contributed by atoms with van der Waals surface area (Å²) in [6, 6.07) is 15.7. The topological polar surface area (TPSA) is 93.5 Å². The van der Waals surface area contributed by atoms with Crippen molar-refractivity contribution in [2.24, 2.45) is 5.73 Å². The zero-order valence-corrected chi connectivity index (χ0v) is 16.5. The third kappa shape index (κ3) is 5.77. The van der Waals surface area contributed by atoms with E-state index in [1.807, 2.05) is 41.1 Å². The van der Waals surface area contributed by atoms with Crippen LogP contribution in [-0.2, 0) is 6.54 Å². The van der Waals surface area contributed by atoms with Crippen molar-refractivity contribution in [2.45, 2.75) is 25.6 Å². The largest absolute Gasteiger partial charge is 0.492 e. The maximum atomic E-state index is 9.70. The Morgan fingerprint density at radius 1 is 1.10 bits per heavy atom. The number of ether oxygens (including phenoxy) is 1. The Morgan fingerprint density at radius 2 is 1.76 bits per heavy atom. The van der Waals surface area contributed by atoms with Crippen LogP contribution in [0.15, 0.2) is 67.0 Å². The van der Waals surface area contributed by atoms with E-state index in [1.54, 1.807) is 13.1 Å². The van der Waals surface area contributed by atoms with Gasteiger partial charge < -0.3 is 25.3 Å². The molecule has 0 fully saturated rings. The second-order valence-electron chi connectivity index (χ2n) is 6.92. The summed E-state index contributed by atoms with van der Waals surface area (Å²) in [6.07, 6.45) is 7.08. The standard InChI is InChI=1S/C23H27N3O3/c1-17(28)23-25-12-14-26(23)13-2-3-18-4-6-19(7-5-18)20-8-10-22(11-9-20)29-16-21(24)15-27/h2-12,14,17,21,27-28H,13,15-16,24H2,1H3/b3-2+. The number of aliphatic hydroxyl groups is 2. The van der Waals surface area contributed by atoms with Gasteiger partial charge in [0.2, 0.25) is 0 Å². The number of aromatic nitrogens is 2. The van der Waals surface area contributed by atoms with E-state index in [0.717, 1.165) is 22.4 Å². The lowest BCUT2D eigenvalue weighted by Crippen LogP contribution is -2.31. The number of imidazole rings is 1. The van der Waals surface area contributed by atoms with E-state index >= 15 is 0 Å². The lowest BCUT2D eigenvalue weighted by molar-refractivity contribution is 0.184. The van der Waals surface area contributed by atoms with Crippen molar-refractivity contribution < 1.29 is 14.9 Å². The monoisotopic (exact) mass is 393 g/mol. The first-order valence-corrected chi connectivity index (χ1v) is 9.62. The van der Waals surface area contributed by atoms with Crippen LogP contribution in [0.1, 0.15) is 24.4 Å². The fourth-order valence-corrected chi connectivity index (χ4v) is 2.93. The van der Waals surface area contributed by atoms with Crippen LogP contribution < -0.4 is 10.5 Å². The molecule has 6 heteroatoms. The average molecular weight is 393 g/mol. The highest BCUT2D eigenvalue weighted by Gasteiger charge is 2.07. The van der Waals surface area contributed by atoms with Crippen LogP contribution in [-0.4, -0.2) is 39.0 Å². The number of hydrogen-bond donors (Lipinski definition) is 3. The second-order valence-corrected chi connectivity index (χ2v) is 6.92. The predicted molar refractivity (Wildman–Crippen MR) is 114 cm³/mol. The van der Waals surface area contributed by atoms with Crippen LogP contribution in [0.4, 0.5) is 0 Å². The van der Waals surface area contributed by atoms with Gasteiger partial charge in [-0.05, 0) is 35.7 Å². The molecular formula is C23H27N3O3. The molecule has 6 nitrogen and oxygen atoms in total. The van der Waals surface area contributed by atoms with Crippen LogP contribution in [0.25, 0.3) is 17.2 Å². The molecule has 0 amide bonds. The summed E-state index contributed by atoms with van der Waals surface area (Å²) in [4.78, 5) is 4.17. The first-order valence-electron chi connectivity index (χ1n) is 9.62. The van der Waals surface area contributed by atoms with Crippen molar-refractivity contribution in [1.29, 1.82) is 0 Å². The number of nitrogens with two attached hydrogens (primary N) is 1. The Hall–Kier alpha value is -2.93. The first-order chi connectivity index (χ1) is 14.1. The summed E-state index contributed by atoms with van der Waals surface area (Å²) in [5, 5.41) is 18.6. The SMILES string of the molecule is CC(O)c1nccn1C/C=C/c1ccc(-c2ccc(OCC(N)CO)cc2)cc1. The molecule has 152 valence electrons. The Kier molecular flexibility index (Phi) is 7.19. The lowest BCUT2D eigenvalue weighted by Gasteiger charge is -2.11. The molecule has 0 bridgehead atoms. The molecule has 1 aromatic heterocycles. The first kappa shape index (κ1) is 20.8. The molecule has 0 spiro atoms. The summed E-state index contributed by atoms with van der Waals surface area (Å²) >= 11 is 0. The minimum absolute atomic E-state index is 0.0943. The van der Waals surface area contributed by atoms with Gasteiger partial charge in [0, 0.05) is 18.9 Å². The second kappa shape index (κ2) is 10.0. The summed E-state index contributed by atoms with van der Waals surface area (Å²) in [6.45, 7) is 2.56.